The molecule has 96 valence electrons. The molecule has 0 aliphatic carbocycles. The van der Waals surface area contributed by atoms with Gasteiger partial charge in [0.2, 0.25) is 0 Å². The first-order chi connectivity index (χ1) is 9.08. The number of carboxylic acids is 1. The predicted molar refractivity (Wildman–Crippen MR) is 69.9 cm³/mol. The van der Waals surface area contributed by atoms with Crippen molar-refractivity contribution in [1.82, 2.24) is 19.6 Å². The fourth-order valence-corrected chi connectivity index (χ4v) is 2.26. The lowest BCUT2D eigenvalue weighted by atomic mass is 10.1. The molecule has 1 aromatic carbocycles. The molecule has 2 heterocycles. The zero-order valence-electron chi connectivity index (χ0n) is 10.5. The summed E-state index contributed by atoms with van der Waals surface area (Å²) in [5.41, 5.74) is 2.67. The summed E-state index contributed by atoms with van der Waals surface area (Å²) in [6.07, 6.45) is 1.79. The molecule has 6 heteroatoms. The zero-order valence-corrected chi connectivity index (χ0v) is 10.5. The molecule has 0 fully saturated rings. The summed E-state index contributed by atoms with van der Waals surface area (Å²) in [5.74, 6) is -1.03. The highest BCUT2D eigenvalue weighted by Crippen LogP contribution is 2.28. The van der Waals surface area contributed by atoms with Crippen LogP contribution in [0.1, 0.15) is 10.5 Å². The average molecular weight is 256 g/mol. The van der Waals surface area contributed by atoms with Gasteiger partial charge in [0.1, 0.15) is 0 Å². The number of aromatic carboxylic acids is 1. The van der Waals surface area contributed by atoms with Gasteiger partial charge in [0, 0.05) is 25.0 Å². The fraction of sp³-hybridized carbons (Fsp3) is 0.154. The molecule has 3 rings (SSSR count). The molecule has 2 aromatic heterocycles. The predicted octanol–water partition coefficient (Wildman–Crippen LogP) is 1.67. The molecule has 0 spiro atoms. The minimum atomic E-state index is -1.03. The molecule has 0 saturated carbocycles. The standard InChI is InChI=1S/C13H12N4O2/c1-16-11(6-10(15-16)13(18)19)9-5-3-4-8-7-14-17(2)12(8)9/h3-7H,1-2H3,(H,18,19). The Morgan fingerprint density at radius 2 is 2.05 bits per heavy atom. The van der Waals surface area contributed by atoms with E-state index in [9.17, 15) is 4.79 Å². The van der Waals surface area contributed by atoms with Gasteiger partial charge in [-0.3, -0.25) is 9.36 Å². The number of benzene rings is 1. The number of carboxylic acid groups (broad SMARTS) is 1. The summed E-state index contributed by atoms with van der Waals surface area (Å²) >= 11 is 0. The lowest BCUT2D eigenvalue weighted by molar-refractivity contribution is 0.0689. The van der Waals surface area contributed by atoms with Crippen LogP contribution in [-0.2, 0) is 14.1 Å². The summed E-state index contributed by atoms with van der Waals surface area (Å²) < 4.78 is 3.35. The number of nitrogens with zero attached hydrogens (tertiary/aromatic N) is 4. The maximum atomic E-state index is 11.0. The summed E-state index contributed by atoms with van der Waals surface area (Å²) in [7, 11) is 3.59. The number of hydrogen-bond donors (Lipinski definition) is 1. The van der Waals surface area contributed by atoms with Crippen LogP contribution in [0.3, 0.4) is 0 Å². The second-order valence-corrected chi connectivity index (χ2v) is 4.36. The Morgan fingerprint density at radius 1 is 1.26 bits per heavy atom. The lowest BCUT2D eigenvalue weighted by Gasteiger charge is -2.05. The van der Waals surface area contributed by atoms with Crippen LogP contribution in [0.25, 0.3) is 22.2 Å². The highest BCUT2D eigenvalue weighted by Gasteiger charge is 2.15. The molecule has 0 saturated heterocycles. The van der Waals surface area contributed by atoms with E-state index in [1.54, 1.807) is 28.7 Å². The van der Waals surface area contributed by atoms with Crippen molar-refractivity contribution >= 4 is 16.9 Å². The highest BCUT2D eigenvalue weighted by atomic mass is 16.4. The molecule has 0 bridgehead atoms. The molecule has 0 radical (unpaired) electrons. The van der Waals surface area contributed by atoms with Crippen LogP contribution in [0, 0.1) is 0 Å². The second-order valence-electron chi connectivity index (χ2n) is 4.36. The second kappa shape index (κ2) is 3.94. The van der Waals surface area contributed by atoms with Crippen molar-refractivity contribution < 1.29 is 9.90 Å². The highest BCUT2D eigenvalue weighted by molar-refractivity contribution is 5.94. The number of hydrogen-bond acceptors (Lipinski definition) is 3. The molecule has 0 aliphatic rings. The maximum absolute atomic E-state index is 11.0. The Balaban J connectivity index is 2.30. The van der Waals surface area contributed by atoms with Crippen LogP contribution < -0.4 is 0 Å². The quantitative estimate of drug-likeness (QED) is 0.757. The number of aryl methyl sites for hydroxylation is 2. The summed E-state index contributed by atoms with van der Waals surface area (Å²) in [4.78, 5) is 11.0. The van der Waals surface area contributed by atoms with Crippen molar-refractivity contribution in [3.8, 4) is 11.3 Å². The van der Waals surface area contributed by atoms with E-state index in [2.05, 4.69) is 10.2 Å². The monoisotopic (exact) mass is 256 g/mol. The number of aromatic nitrogens is 4. The number of fused-ring (bicyclic) bond motifs is 1. The Hall–Kier alpha value is -2.63. The molecule has 0 aliphatic heterocycles. The van der Waals surface area contributed by atoms with Gasteiger partial charge in [0.05, 0.1) is 17.4 Å². The van der Waals surface area contributed by atoms with Crippen LogP contribution in [0.5, 0.6) is 0 Å². The topological polar surface area (TPSA) is 72.9 Å². The van der Waals surface area contributed by atoms with Gasteiger partial charge in [-0.15, -0.1) is 0 Å². The van der Waals surface area contributed by atoms with Gasteiger partial charge in [0.15, 0.2) is 5.69 Å². The molecular formula is C13H12N4O2. The normalized spacial score (nSPS) is 11.1. The van der Waals surface area contributed by atoms with E-state index in [4.69, 9.17) is 5.11 Å². The Labute approximate surface area is 108 Å². The Morgan fingerprint density at radius 3 is 2.74 bits per heavy atom. The van der Waals surface area contributed by atoms with E-state index in [1.165, 1.54) is 0 Å². The third kappa shape index (κ3) is 1.69. The van der Waals surface area contributed by atoms with E-state index in [-0.39, 0.29) is 5.69 Å². The van der Waals surface area contributed by atoms with Gasteiger partial charge in [-0.05, 0) is 6.07 Å². The first-order valence-corrected chi connectivity index (χ1v) is 5.76. The molecule has 0 atom stereocenters. The van der Waals surface area contributed by atoms with Crippen molar-refractivity contribution in [3.05, 3.63) is 36.2 Å². The Bertz CT molecular complexity index is 785. The van der Waals surface area contributed by atoms with Crippen molar-refractivity contribution in [2.75, 3.05) is 0 Å². The lowest BCUT2D eigenvalue weighted by Crippen LogP contribution is -1.99. The number of para-hydroxylation sites is 1. The minimum absolute atomic E-state index is 0.0386. The van der Waals surface area contributed by atoms with Gasteiger partial charge in [-0.2, -0.15) is 10.2 Å². The molecule has 0 amide bonds. The van der Waals surface area contributed by atoms with Gasteiger partial charge in [-0.25, -0.2) is 4.79 Å². The van der Waals surface area contributed by atoms with Gasteiger partial charge in [-0.1, -0.05) is 18.2 Å². The minimum Gasteiger partial charge on any atom is -0.476 e. The molecule has 0 unspecified atom stereocenters. The maximum Gasteiger partial charge on any atom is 0.356 e. The van der Waals surface area contributed by atoms with Crippen molar-refractivity contribution in [3.63, 3.8) is 0 Å². The molecule has 19 heavy (non-hydrogen) atoms. The van der Waals surface area contributed by atoms with Crippen molar-refractivity contribution in [2.45, 2.75) is 0 Å². The largest absolute Gasteiger partial charge is 0.476 e. The molecule has 1 N–H and O–H groups in total. The van der Waals surface area contributed by atoms with E-state index >= 15 is 0 Å². The fourth-order valence-electron chi connectivity index (χ4n) is 2.26. The van der Waals surface area contributed by atoms with E-state index in [0.717, 1.165) is 22.2 Å². The van der Waals surface area contributed by atoms with Gasteiger partial charge < -0.3 is 5.11 Å². The molecule has 6 nitrogen and oxygen atoms in total. The van der Waals surface area contributed by atoms with Crippen molar-refractivity contribution in [1.29, 1.82) is 0 Å². The number of rotatable bonds is 2. The van der Waals surface area contributed by atoms with Crippen LogP contribution in [0.15, 0.2) is 30.5 Å². The van der Waals surface area contributed by atoms with E-state index in [1.807, 2.05) is 25.2 Å². The summed E-state index contributed by atoms with van der Waals surface area (Å²) in [5, 5.41) is 18.2. The average Bonchev–Trinajstić information content (AvgIpc) is 2.94. The van der Waals surface area contributed by atoms with Crippen LogP contribution in [-0.4, -0.2) is 30.6 Å². The van der Waals surface area contributed by atoms with Crippen LogP contribution >= 0.6 is 0 Å². The van der Waals surface area contributed by atoms with Gasteiger partial charge >= 0.3 is 5.97 Å². The van der Waals surface area contributed by atoms with Crippen molar-refractivity contribution in [2.24, 2.45) is 14.1 Å². The van der Waals surface area contributed by atoms with Crippen LogP contribution in [0.2, 0.25) is 0 Å². The first-order valence-electron chi connectivity index (χ1n) is 5.76. The summed E-state index contributed by atoms with van der Waals surface area (Å²) in [6.45, 7) is 0. The molecular weight excluding hydrogens is 244 g/mol. The SMILES string of the molecule is Cn1nc(C(=O)O)cc1-c1cccc2cnn(C)c12. The smallest absolute Gasteiger partial charge is 0.356 e. The summed E-state index contributed by atoms with van der Waals surface area (Å²) in [6, 6.07) is 7.41. The molecule has 3 aromatic rings. The van der Waals surface area contributed by atoms with E-state index in [0.29, 0.717) is 0 Å². The Kier molecular flexibility index (Phi) is 2.38. The van der Waals surface area contributed by atoms with Gasteiger partial charge in [0.25, 0.3) is 0 Å². The number of carbonyl (C=O) groups is 1. The third-order valence-corrected chi connectivity index (χ3v) is 3.14. The zero-order chi connectivity index (χ0) is 13.6. The third-order valence-electron chi connectivity index (χ3n) is 3.14. The van der Waals surface area contributed by atoms with E-state index < -0.39 is 5.97 Å². The first kappa shape index (κ1) is 11.5. The van der Waals surface area contributed by atoms with Crippen LogP contribution in [0.4, 0.5) is 0 Å².